The molecule has 0 N–H and O–H groups in total. The summed E-state index contributed by atoms with van der Waals surface area (Å²) in [6.45, 7) is 0. The van der Waals surface area contributed by atoms with E-state index in [0.717, 1.165) is 26.8 Å². The Morgan fingerprint density at radius 2 is 1.82 bits per heavy atom. The second-order valence-electron chi connectivity index (χ2n) is 4.78. The third kappa shape index (κ3) is 2.27. The third-order valence-corrected chi connectivity index (χ3v) is 3.84. The van der Waals surface area contributed by atoms with Crippen LogP contribution in [0.5, 0.6) is 0 Å². The molecule has 0 radical (unpaired) electrons. The molecular weight excluding hydrogens is 342 g/mol. The zero-order chi connectivity index (χ0) is 14.9. The van der Waals surface area contributed by atoms with Crippen LogP contribution in [0, 0.1) is 0 Å². The van der Waals surface area contributed by atoms with Gasteiger partial charge >= 0.3 is 0 Å². The summed E-state index contributed by atoms with van der Waals surface area (Å²) in [5, 5.41) is 13.1. The molecule has 4 aromatic rings. The van der Waals surface area contributed by atoms with Gasteiger partial charge in [0.15, 0.2) is 0 Å². The van der Waals surface area contributed by atoms with E-state index >= 15 is 0 Å². The number of benzene rings is 2. The first-order valence-electron chi connectivity index (χ1n) is 6.72. The summed E-state index contributed by atoms with van der Waals surface area (Å²) in [6, 6.07) is 19.7. The Hall–Kier alpha value is -2.60. The SMILES string of the molecule is Brc1cccc(-n2nnnc2-c2ccc3ccccc3n2)c1. The van der Waals surface area contributed by atoms with E-state index in [1.807, 2.05) is 60.7 Å². The van der Waals surface area contributed by atoms with Crippen LogP contribution in [0.2, 0.25) is 0 Å². The molecule has 0 aliphatic carbocycles. The van der Waals surface area contributed by atoms with Crippen LogP contribution in [0.1, 0.15) is 0 Å². The van der Waals surface area contributed by atoms with Gasteiger partial charge in [-0.25, -0.2) is 4.98 Å². The highest BCUT2D eigenvalue weighted by atomic mass is 79.9. The third-order valence-electron chi connectivity index (χ3n) is 3.35. The number of aromatic nitrogens is 5. The lowest BCUT2D eigenvalue weighted by atomic mass is 10.2. The standard InChI is InChI=1S/C16H10BrN5/c17-12-5-3-6-13(10-12)22-16(19-20-21-22)15-9-8-11-4-1-2-7-14(11)18-15/h1-10H. The lowest BCUT2D eigenvalue weighted by Gasteiger charge is -2.05. The van der Waals surface area contributed by atoms with E-state index in [1.54, 1.807) is 4.68 Å². The Balaban J connectivity index is 1.87. The van der Waals surface area contributed by atoms with Crippen molar-refractivity contribution in [2.45, 2.75) is 0 Å². The Labute approximate surface area is 134 Å². The van der Waals surface area contributed by atoms with Crippen molar-refractivity contribution >= 4 is 26.8 Å². The van der Waals surface area contributed by atoms with Gasteiger partial charge in [-0.05, 0) is 40.8 Å². The first-order chi connectivity index (χ1) is 10.8. The molecule has 0 spiro atoms. The minimum absolute atomic E-state index is 0.615. The van der Waals surface area contributed by atoms with Crippen molar-refractivity contribution in [3.05, 3.63) is 65.1 Å². The van der Waals surface area contributed by atoms with E-state index in [4.69, 9.17) is 0 Å². The Kier molecular flexibility index (Phi) is 3.16. The fraction of sp³-hybridized carbons (Fsp3) is 0. The van der Waals surface area contributed by atoms with Gasteiger partial charge in [-0.1, -0.05) is 46.3 Å². The minimum Gasteiger partial charge on any atom is -0.244 e. The quantitative estimate of drug-likeness (QED) is 0.553. The van der Waals surface area contributed by atoms with Gasteiger partial charge in [-0.3, -0.25) is 0 Å². The first kappa shape index (κ1) is 13.1. The molecule has 0 aliphatic heterocycles. The summed E-state index contributed by atoms with van der Waals surface area (Å²) in [4.78, 5) is 4.65. The van der Waals surface area contributed by atoms with Crippen LogP contribution in [-0.2, 0) is 0 Å². The fourth-order valence-corrected chi connectivity index (χ4v) is 2.71. The monoisotopic (exact) mass is 351 g/mol. The molecular formula is C16H10BrN5. The van der Waals surface area contributed by atoms with Crippen LogP contribution in [0.3, 0.4) is 0 Å². The van der Waals surface area contributed by atoms with Gasteiger partial charge in [0.2, 0.25) is 5.82 Å². The molecule has 22 heavy (non-hydrogen) atoms. The number of tetrazole rings is 1. The van der Waals surface area contributed by atoms with Crippen molar-refractivity contribution in [2.24, 2.45) is 0 Å². The van der Waals surface area contributed by atoms with Crippen molar-refractivity contribution < 1.29 is 0 Å². The molecule has 2 heterocycles. The Bertz CT molecular complexity index is 963. The lowest BCUT2D eigenvalue weighted by molar-refractivity contribution is 0.790. The number of halogens is 1. The van der Waals surface area contributed by atoms with Gasteiger partial charge in [-0.15, -0.1) is 5.10 Å². The molecule has 0 atom stereocenters. The highest BCUT2D eigenvalue weighted by Gasteiger charge is 2.12. The van der Waals surface area contributed by atoms with E-state index in [-0.39, 0.29) is 0 Å². The molecule has 0 saturated heterocycles. The molecule has 0 bridgehead atoms. The summed E-state index contributed by atoms with van der Waals surface area (Å²) in [7, 11) is 0. The molecule has 5 nitrogen and oxygen atoms in total. The van der Waals surface area contributed by atoms with E-state index in [0.29, 0.717) is 5.82 Å². The summed E-state index contributed by atoms with van der Waals surface area (Å²) >= 11 is 3.46. The average Bonchev–Trinajstić information content (AvgIpc) is 3.04. The van der Waals surface area contributed by atoms with Crippen molar-refractivity contribution in [3.8, 4) is 17.2 Å². The minimum atomic E-state index is 0.615. The Morgan fingerprint density at radius 3 is 2.73 bits per heavy atom. The van der Waals surface area contributed by atoms with Crippen LogP contribution in [-0.4, -0.2) is 25.2 Å². The maximum Gasteiger partial charge on any atom is 0.205 e. The molecule has 4 rings (SSSR count). The van der Waals surface area contributed by atoms with E-state index in [9.17, 15) is 0 Å². The van der Waals surface area contributed by atoms with Crippen molar-refractivity contribution in [3.63, 3.8) is 0 Å². The molecule has 0 fully saturated rings. The normalized spacial score (nSPS) is 11.0. The van der Waals surface area contributed by atoms with Crippen LogP contribution >= 0.6 is 15.9 Å². The number of pyridine rings is 1. The second-order valence-corrected chi connectivity index (χ2v) is 5.70. The Morgan fingerprint density at radius 1 is 0.909 bits per heavy atom. The summed E-state index contributed by atoms with van der Waals surface area (Å²) < 4.78 is 2.65. The smallest absolute Gasteiger partial charge is 0.205 e. The molecule has 2 aromatic carbocycles. The van der Waals surface area contributed by atoms with Crippen molar-refractivity contribution in [1.82, 2.24) is 25.2 Å². The average molecular weight is 352 g/mol. The molecule has 2 aromatic heterocycles. The van der Waals surface area contributed by atoms with Gasteiger partial charge in [0, 0.05) is 9.86 Å². The summed E-state index contributed by atoms with van der Waals surface area (Å²) in [5.41, 5.74) is 2.54. The second kappa shape index (κ2) is 5.31. The zero-order valence-corrected chi connectivity index (χ0v) is 13.0. The summed E-state index contributed by atoms with van der Waals surface area (Å²) in [5.74, 6) is 0.615. The first-order valence-corrected chi connectivity index (χ1v) is 7.51. The number of para-hydroxylation sites is 1. The lowest BCUT2D eigenvalue weighted by Crippen LogP contribution is -2.00. The molecule has 6 heteroatoms. The number of nitrogens with zero attached hydrogens (tertiary/aromatic N) is 5. The van der Waals surface area contributed by atoms with Crippen LogP contribution in [0.25, 0.3) is 28.1 Å². The maximum absolute atomic E-state index is 4.65. The van der Waals surface area contributed by atoms with Gasteiger partial charge in [0.25, 0.3) is 0 Å². The molecule has 0 saturated carbocycles. The number of fused-ring (bicyclic) bond motifs is 1. The van der Waals surface area contributed by atoms with E-state index in [2.05, 4.69) is 36.4 Å². The number of hydrogen-bond acceptors (Lipinski definition) is 4. The molecule has 0 unspecified atom stereocenters. The predicted molar refractivity (Wildman–Crippen MR) is 87.6 cm³/mol. The van der Waals surface area contributed by atoms with Gasteiger partial charge in [0.05, 0.1) is 11.2 Å². The largest absolute Gasteiger partial charge is 0.244 e. The van der Waals surface area contributed by atoms with E-state index in [1.165, 1.54) is 0 Å². The van der Waals surface area contributed by atoms with Crippen molar-refractivity contribution in [2.75, 3.05) is 0 Å². The molecule has 106 valence electrons. The van der Waals surface area contributed by atoms with Crippen LogP contribution < -0.4 is 0 Å². The molecule has 0 amide bonds. The highest BCUT2D eigenvalue weighted by molar-refractivity contribution is 9.10. The highest BCUT2D eigenvalue weighted by Crippen LogP contribution is 2.22. The molecule has 0 aliphatic rings. The number of rotatable bonds is 2. The number of hydrogen-bond donors (Lipinski definition) is 0. The van der Waals surface area contributed by atoms with Crippen molar-refractivity contribution in [1.29, 1.82) is 0 Å². The summed E-state index contributed by atoms with van der Waals surface area (Å²) in [6.07, 6.45) is 0. The van der Waals surface area contributed by atoms with Crippen LogP contribution in [0.15, 0.2) is 65.1 Å². The van der Waals surface area contributed by atoms with Gasteiger partial charge in [-0.2, -0.15) is 4.68 Å². The van der Waals surface area contributed by atoms with E-state index < -0.39 is 0 Å². The van der Waals surface area contributed by atoms with Gasteiger partial charge in [0.1, 0.15) is 5.69 Å². The maximum atomic E-state index is 4.65. The predicted octanol–water partition coefficient (Wildman–Crippen LogP) is 3.64. The van der Waals surface area contributed by atoms with Gasteiger partial charge < -0.3 is 0 Å². The van der Waals surface area contributed by atoms with Crippen LogP contribution in [0.4, 0.5) is 0 Å². The topological polar surface area (TPSA) is 56.5 Å². The fourth-order valence-electron chi connectivity index (χ4n) is 2.32. The zero-order valence-electron chi connectivity index (χ0n) is 11.4.